The van der Waals surface area contributed by atoms with Gasteiger partial charge in [0, 0.05) is 36.8 Å². The number of aromatic nitrogens is 2. The summed E-state index contributed by atoms with van der Waals surface area (Å²) < 4.78 is 0. The quantitative estimate of drug-likeness (QED) is 0.768. The second kappa shape index (κ2) is 5.42. The van der Waals surface area contributed by atoms with Crippen molar-refractivity contribution in [3.8, 4) is 0 Å². The molecule has 6 nitrogen and oxygen atoms in total. The number of benzene rings is 1. The number of fused-ring (bicyclic) bond motifs is 1. The van der Waals surface area contributed by atoms with Gasteiger partial charge in [0.05, 0.1) is 5.52 Å². The minimum Gasteiger partial charge on any atom is -0.355 e. The third kappa shape index (κ3) is 2.55. The van der Waals surface area contributed by atoms with E-state index in [0.717, 1.165) is 30.4 Å². The number of nitrogens with one attached hydrogen (secondary N) is 3. The molecule has 0 bridgehead atoms. The van der Waals surface area contributed by atoms with E-state index in [9.17, 15) is 4.79 Å². The molecule has 1 aromatic carbocycles. The Hall–Kier alpha value is -2.21. The van der Waals surface area contributed by atoms with Crippen LogP contribution < -0.4 is 16.0 Å². The Labute approximate surface area is 117 Å². The summed E-state index contributed by atoms with van der Waals surface area (Å²) in [5.74, 6) is 0.500. The van der Waals surface area contributed by atoms with Gasteiger partial charge in [0.25, 0.3) is 5.91 Å². The molecule has 3 N–H and O–H groups in total. The maximum atomic E-state index is 11.6. The van der Waals surface area contributed by atoms with Crippen LogP contribution in [-0.2, 0) is 0 Å². The fourth-order valence-electron chi connectivity index (χ4n) is 2.34. The van der Waals surface area contributed by atoms with Crippen LogP contribution in [0.15, 0.2) is 24.4 Å². The van der Waals surface area contributed by atoms with Crippen molar-refractivity contribution in [1.82, 2.24) is 20.6 Å². The molecule has 0 radical (unpaired) electrons. The van der Waals surface area contributed by atoms with Crippen LogP contribution in [0, 0.1) is 0 Å². The van der Waals surface area contributed by atoms with Crippen molar-refractivity contribution in [2.24, 2.45) is 0 Å². The summed E-state index contributed by atoms with van der Waals surface area (Å²) in [5, 5.41) is 10.1. The van der Waals surface area contributed by atoms with E-state index >= 15 is 0 Å². The van der Waals surface area contributed by atoms with Gasteiger partial charge in [-0.25, -0.2) is 9.97 Å². The molecule has 1 aliphatic rings. The van der Waals surface area contributed by atoms with E-state index in [0.29, 0.717) is 17.6 Å². The van der Waals surface area contributed by atoms with E-state index < -0.39 is 0 Å². The molecule has 2 aromatic rings. The minimum absolute atomic E-state index is 0.111. The predicted octanol–water partition coefficient (Wildman–Crippen LogP) is 0.763. The molecule has 0 saturated carbocycles. The molecule has 104 valence electrons. The zero-order chi connectivity index (χ0) is 13.9. The number of carbonyl (C=O) groups is 1. The van der Waals surface area contributed by atoms with E-state index in [1.54, 1.807) is 25.4 Å². The summed E-state index contributed by atoms with van der Waals surface area (Å²) in [4.78, 5) is 20.4. The molecule has 0 spiro atoms. The summed E-state index contributed by atoms with van der Waals surface area (Å²) in [7, 11) is 1.62. The van der Waals surface area contributed by atoms with Gasteiger partial charge in [-0.15, -0.1) is 0 Å². The molecule has 1 aliphatic heterocycles. The molecular formula is C14H17N5O. The van der Waals surface area contributed by atoms with Crippen LogP contribution in [0.2, 0.25) is 0 Å². The highest BCUT2D eigenvalue weighted by atomic mass is 16.1. The fraction of sp³-hybridized carbons (Fsp3) is 0.357. The molecule has 3 rings (SSSR count). The summed E-state index contributed by atoms with van der Waals surface area (Å²) in [6, 6.07) is 5.79. The number of hydrogen-bond acceptors (Lipinski definition) is 5. The SMILES string of the molecule is CNC(=O)c1ccc2cnc(NC3CCNC3)nc2c1. The van der Waals surface area contributed by atoms with Crippen LogP contribution >= 0.6 is 0 Å². The first kappa shape index (κ1) is 12.8. The third-order valence-corrected chi connectivity index (χ3v) is 3.47. The van der Waals surface area contributed by atoms with Crippen molar-refractivity contribution < 1.29 is 4.79 Å². The lowest BCUT2D eigenvalue weighted by Crippen LogP contribution is -2.23. The molecule has 1 unspecified atom stereocenters. The van der Waals surface area contributed by atoms with E-state index in [1.165, 1.54) is 0 Å². The Morgan fingerprint density at radius 3 is 3.10 bits per heavy atom. The van der Waals surface area contributed by atoms with Gasteiger partial charge >= 0.3 is 0 Å². The molecule has 1 fully saturated rings. The van der Waals surface area contributed by atoms with Crippen molar-refractivity contribution in [2.45, 2.75) is 12.5 Å². The molecule has 20 heavy (non-hydrogen) atoms. The molecule has 0 aliphatic carbocycles. The van der Waals surface area contributed by atoms with Gasteiger partial charge < -0.3 is 16.0 Å². The average Bonchev–Trinajstić information content (AvgIpc) is 2.98. The Morgan fingerprint density at radius 1 is 1.45 bits per heavy atom. The van der Waals surface area contributed by atoms with Gasteiger partial charge in [-0.3, -0.25) is 4.79 Å². The number of amides is 1. The first-order valence-electron chi connectivity index (χ1n) is 6.72. The molecule has 1 saturated heterocycles. The van der Waals surface area contributed by atoms with Crippen molar-refractivity contribution in [3.05, 3.63) is 30.0 Å². The van der Waals surface area contributed by atoms with Crippen LogP contribution in [0.1, 0.15) is 16.8 Å². The summed E-state index contributed by atoms with van der Waals surface area (Å²) in [6.45, 7) is 1.95. The molecular weight excluding hydrogens is 254 g/mol. The predicted molar refractivity (Wildman–Crippen MR) is 77.8 cm³/mol. The molecule has 1 aromatic heterocycles. The van der Waals surface area contributed by atoms with E-state index in [4.69, 9.17) is 0 Å². The molecule has 1 atom stereocenters. The Bertz CT molecular complexity index is 636. The largest absolute Gasteiger partial charge is 0.355 e. The lowest BCUT2D eigenvalue weighted by atomic mass is 10.1. The molecule has 1 amide bonds. The highest BCUT2D eigenvalue weighted by molar-refractivity contribution is 5.97. The maximum absolute atomic E-state index is 11.6. The summed E-state index contributed by atoms with van der Waals surface area (Å²) in [5.41, 5.74) is 1.38. The molecule has 6 heteroatoms. The van der Waals surface area contributed by atoms with Crippen LogP contribution in [0.4, 0.5) is 5.95 Å². The maximum Gasteiger partial charge on any atom is 0.251 e. The lowest BCUT2D eigenvalue weighted by Gasteiger charge is -2.11. The van der Waals surface area contributed by atoms with Gasteiger partial charge in [0.1, 0.15) is 0 Å². The van der Waals surface area contributed by atoms with Gasteiger partial charge in [-0.05, 0) is 25.1 Å². The number of hydrogen-bond donors (Lipinski definition) is 3. The van der Waals surface area contributed by atoms with Crippen molar-refractivity contribution in [1.29, 1.82) is 0 Å². The lowest BCUT2D eigenvalue weighted by molar-refractivity contribution is 0.0963. The average molecular weight is 271 g/mol. The van der Waals surface area contributed by atoms with Crippen LogP contribution in [0.25, 0.3) is 10.9 Å². The number of nitrogens with zero attached hydrogens (tertiary/aromatic N) is 2. The normalized spacial score (nSPS) is 18.1. The minimum atomic E-state index is -0.111. The van der Waals surface area contributed by atoms with Crippen molar-refractivity contribution in [3.63, 3.8) is 0 Å². The van der Waals surface area contributed by atoms with E-state index in [-0.39, 0.29) is 5.91 Å². The zero-order valence-corrected chi connectivity index (χ0v) is 11.3. The zero-order valence-electron chi connectivity index (χ0n) is 11.3. The first-order valence-corrected chi connectivity index (χ1v) is 6.72. The second-order valence-electron chi connectivity index (χ2n) is 4.88. The van der Waals surface area contributed by atoms with Crippen LogP contribution in [0.5, 0.6) is 0 Å². The first-order chi connectivity index (χ1) is 9.76. The van der Waals surface area contributed by atoms with E-state index in [1.807, 2.05) is 6.07 Å². The van der Waals surface area contributed by atoms with Gasteiger partial charge in [0.2, 0.25) is 5.95 Å². The van der Waals surface area contributed by atoms with Crippen molar-refractivity contribution >= 4 is 22.8 Å². The van der Waals surface area contributed by atoms with Crippen LogP contribution in [0.3, 0.4) is 0 Å². The third-order valence-electron chi connectivity index (χ3n) is 3.47. The molecule has 2 heterocycles. The topological polar surface area (TPSA) is 78.9 Å². The Morgan fingerprint density at radius 2 is 2.35 bits per heavy atom. The highest BCUT2D eigenvalue weighted by Gasteiger charge is 2.15. The summed E-state index contributed by atoms with van der Waals surface area (Å²) in [6.07, 6.45) is 2.85. The van der Waals surface area contributed by atoms with Gasteiger partial charge in [-0.2, -0.15) is 0 Å². The Kier molecular flexibility index (Phi) is 3.47. The smallest absolute Gasteiger partial charge is 0.251 e. The standard InChI is InChI=1S/C14H17N5O/c1-15-13(20)9-2-3-10-7-17-14(19-12(10)6-9)18-11-4-5-16-8-11/h2-3,6-7,11,16H,4-5,8H2,1H3,(H,15,20)(H,17,18,19). The highest BCUT2D eigenvalue weighted by Crippen LogP contribution is 2.16. The summed E-state index contributed by atoms with van der Waals surface area (Å²) >= 11 is 0. The number of carbonyl (C=O) groups excluding carboxylic acids is 1. The van der Waals surface area contributed by atoms with Gasteiger partial charge in [0.15, 0.2) is 0 Å². The fourth-order valence-corrected chi connectivity index (χ4v) is 2.34. The number of rotatable bonds is 3. The van der Waals surface area contributed by atoms with Gasteiger partial charge in [-0.1, -0.05) is 6.07 Å². The van der Waals surface area contributed by atoms with Crippen molar-refractivity contribution in [2.75, 3.05) is 25.5 Å². The van der Waals surface area contributed by atoms with E-state index in [2.05, 4.69) is 25.9 Å². The Balaban J connectivity index is 1.89. The second-order valence-corrected chi connectivity index (χ2v) is 4.88. The number of anilines is 1. The van der Waals surface area contributed by atoms with Crippen LogP contribution in [-0.4, -0.2) is 42.1 Å². The monoisotopic (exact) mass is 271 g/mol.